The van der Waals surface area contributed by atoms with Crippen molar-refractivity contribution in [3.8, 4) is 40.2 Å². The standard InChI is InChI=1S/C29H32O5.C29H34O5.C2H4O2.Na/c1-6-7-9-17-13-20-18(12-16(17)2)14-23(32-4)27-25-19-10-8-11-22(31-3)26(19)24(33-5)15-21(25)29(30)34-28(20)27;1-6-7-9-19-15-24-21(12-18(19)2)14-23(31-3)17-26(24)34-29(30)22-13-20-10-8-11-25(32-4)28(20)27(16-22)33-5;1-2(3)4;/h8,10-11,14-17H,6-7,9,12-13H2,1-5H3;8,10-11,13-14,16-19H,6-7,9,12,15H2,1-5H3;1H3,(H,3,4);/q;;;+1/p-1/t16-,17?;18-,19?;;/m00../s1. The summed E-state index contributed by atoms with van der Waals surface area (Å²) in [6.45, 7) is 10.1. The van der Waals surface area contributed by atoms with Gasteiger partial charge in [0, 0.05) is 17.4 Å². The molecule has 0 amide bonds. The van der Waals surface area contributed by atoms with Gasteiger partial charge in [-0.1, -0.05) is 77.6 Å². The van der Waals surface area contributed by atoms with Crippen molar-refractivity contribution in [3.05, 3.63) is 111 Å². The van der Waals surface area contributed by atoms with Crippen LogP contribution < -0.4 is 73.4 Å². The SMILES string of the molecule is CC(=O)[O-].CCCCC1Cc2c(cc(OC)c3c2oc(=O)c2cc(OC)c4c(OC)cccc4c23)C[C@@H]1C.CCCCC1Cc2c(cc(OC)cc2OC(=O)c2cc(OC)c3c(OC)cccc3c2)C[C@@H]1C.[Na+]. The molecule has 1 aromatic heterocycles. The molecule has 13 heteroatoms. The van der Waals surface area contributed by atoms with E-state index in [-0.39, 0.29) is 35.2 Å². The van der Waals surface area contributed by atoms with Gasteiger partial charge in [-0.15, -0.1) is 0 Å². The maximum atomic E-state index is 13.4. The fourth-order valence-electron chi connectivity index (χ4n) is 10.9. The van der Waals surface area contributed by atoms with Crippen molar-refractivity contribution >= 4 is 55.2 Å². The van der Waals surface area contributed by atoms with Crippen LogP contribution in [0.1, 0.15) is 106 Å². The van der Waals surface area contributed by atoms with Crippen LogP contribution in [0.15, 0.2) is 82.0 Å². The minimum atomic E-state index is -1.08. The fraction of sp³-hybridized carbons (Fsp3) is 0.417. The number of carboxylic acids is 1. The van der Waals surface area contributed by atoms with Crippen LogP contribution in [0.2, 0.25) is 0 Å². The molecule has 0 fully saturated rings. The predicted octanol–water partition coefficient (Wildman–Crippen LogP) is 9.05. The number of benzene rings is 6. The van der Waals surface area contributed by atoms with Crippen LogP contribution >= 0.6 is 0 Å². The molecule has 2 unspecified atom stereocenters. The molecule has 4 atom stereocenters. The summed E-state index contributed by atoms with van der Waals surface area (Å²) in [5.74, 6) is 5.44. The van der Waals surface area contributed by atoms with Crippen molar-refractivity contribution < 1.29 is 81.8 Å². The molecule has 9 rings (SSSR count). The normalized spacial score (nSPS) is 16.6. The van der Waals surface area contributed by atoms with E-state index in [9.17, 15) is 9.59 Å². The van der Waals surface area contributed by atoms with Crippen molar-refractivity contribution in [2.45, 2.75) is 98.8 Å². The van der Waals surface area contributed by atoms with Gasteiger partial charge in [0.05, 0.1) is 69.8 Å². The van der Waals surface area contributed by atoms with Crippen molar-refractivity contribution in [3.63, 3.8) is 0 Å². The molecule has 2 aliphatic carbocycles. The third-order valence-electron chi connectivity index (χ3n) is 14.6. The number of rotatable bonds is 14. The Bertz CT molecular complexity index is 3150. The van der Waals surface area contributed by atoms with E-state index < -0.39 is 11.9 Å². The summed E-state index contributed by atoms with van der Waals surface area (Å²) in [4.78, 5) is 35.6. The molecule has 6 aromatic carbocycles. The van der Waals surface area contributed by atoms with Crippen LogP contribution in [0, 0.1) is 23.7 Å². The molecule has 7 aromatic rings. The average molecular weight is 1010 g/mol. The maximum absolute atomic E-state index is 13.4. The summed E-state index contributed by atoms with van der Waals surface area (Å²) >= 11 is 0. The molecule has 0 aliphatic heterocycles. The Morgan fingerprint density at radius 1 is 0.589 bits per heavy atom. The van der Waals surface area contributed by atoms with Crippen LogP contribution in [-0.4, -0.2) is 54.6 Å². The van der Waals surface area contributed by atoms with Gasteiger partial charge in [0.1, 0.15) is 45.8 Å². The number of ether oxygens (including phenoxy) is 7. The summed E-state index contributed by atoms with van der Waals surface area (Å²) < 4.78 is 46.0. The van der Waals surface area contributed by atoms with Crippen LogP contribution in [0.5, 0.6) is 40.2 Å². The summed E-state index contributed by atoms with van der Waals surface area (Å²) in [5, 5.41) is 14.4. The van der Waals surface area contributed by atoms with Crippen LogP contribution in [0.25, 0.3) is 43.3 Å². The summed E-state index contributed by atoms with van der Waals surface area (Å²) in [6.07, 6.45) is 11.0. The average Bonchev–Trinajstić information content (AvgIpc) is 3.38. The van der Waals surface area contributed by atoms with Gasteiger partial charge in [-0.3, -0.25) is 0 Å². The Labute approximate surface area is 450 Å². The zero-order chi connectivity index (χ0) is 51.8. The molecule has 0 saturated heterocycles. The number of carbonyl (C=O) groups excluding carboxylic acids is 2. The van der Waals surface area contributed by atoms with Crippen LogP contribution in [-0.2, 0) is 30.5 Å². The van der Waals surface area contributed by atoms with E-state index in [1.165, 1.54) is 49.7 Å². The number of unbranched alkanes of at least 4 members (excludes halogenated alkanes) is 2. The zero-order valence-corrected chi connectivity index (χ0v) is 46.7. The second-order valence-corrected chi connectivity index (χ2v) is 19.2. The van der Waals surface area contributed by atoms with Gasteiger partial charge in [0.15, 0.2) is 0 Å². The van der Waals surface area contributed by atoms with Crippen molar-refractivity contribution in [2.75, 3.05) is 42.7 Å². The number of carboxylic acid groups (broad SMARTS) is 1. The molecule has 12 nitrogen and oxygen atoms in total. The van der Waals surface area contributed by atoms with Crippen molar-refractivity contribution in [1.82, 2.24) is 0 Å². The first kappa shape index (κ1) is 56.3. The summed E-state index contributed by atoms with van der Waals surface area (Å²) in [5.41, 5.74) is 5.45. The van der Waals surface area contributed by atoms with E-state index in [4.69, 9.17) is 47.5 Å². The molecule has 2 aliphatic rings. The van der Waals surface area contributed by atoms with Gasteiger partial charge < -0.3 is 47.5 Å². The number of hydrogen-bond donors (Lipinski definition) is 0. The van der Waals surface area contributed by atoms with E-state index >= 15 is 0 Å². The van der Waals surface area contributed by atoms with E-state index in [0.29, 0.717) is 74.7 Å². The third kappa shape index (κ3) is 12.0. The first-order chi connectivity index (χ1) is 34.7. The molecular weight excluding hydrogens is 936 g/mol. The molecular formula is C60H69NaO12. The number of carbonyl (C=O) groups is 2. The van der Waals surface area contributed by atoms with Gasteiger partial charge in [-0.2, -0.15) is 0 Å². The minimum Gasteiger partial charge on any atom is -0.550 e. The number of esters is 1. The Morgan fingerprint density at radius 2 is 1.12 bits per heavy atom. The van der Waals surface area contributed by atoms with Gasteiger partial charge in [0.2, 0.25) is 0 Å². The second-order valence-electron chi connectivity index (χ2n) is 19.2. The first-order valence-electron chi connectivity index (χ1n) is 25.1. The van der Waals surface area contributed by atoms with Gasteiger partial charge >= 0.3 is 41.2 Å². The molecule has 1 heterocycles. The Hall–Kier alpha value is -5.95. The largest absolute Gasteiger partial charge is 1.00 e. The van der Waals surface area contributed by atoms with Crippen LogP contribution in [0.3, 0.4) is 0 Å². The minimum absolute atomic E-state index is 0. The molecule has 382 valence electrons. The molecule has 73 heavy (non-hydrogen) atoms. The van der Waals surface area contributed by atoms with Gasteiger partial charge in [0.25, 0.3) is 0 Å². The van der Waals surface area contributed by atoms with E-state index in [1.807, 2.05) is 48.5 Å². The molecule has 0 spiro atoms. The number of hydrogen-bond acceptors (Lipinski definition) is 12. The molecule has 0 radical (unpaired) electrons. The molecule has 0 N–H and O–H groups in total. The topological polar surface area (TPSA) is 152 Å². The second kappa shape index (κ2) is 25.3. The first-order valence-corrected chi connectivity index (χ1v) is 25.1. The number of methoxy groups -OCH3 is 6. The third-order valence-corrected chi connectivity index (χ3v) is 14.6. The Morgan fingerprint density at radius 3 is 1.70 bits per heavy atom. The van der Waals surface area contributed by atoms with Crippen molar-refractivity contribution in [1.29, 1.82) is 0 Å². The quantitative estimate of drug-likeness (QED) is 0.0336. The predicted molar refractivity (Wildman–Crippen MR) is 282 cm³/mol. The zero-order valence-electron chi connectivity index (χ0n) is 44.7. The number of fused-ring (bicyclic) bond motifs is 9. The molecule has 0 bridgehead atoms. The van der Waals surface area contributed by atoms with Gasteiger partial charge in [-0.25, -0.2) is 9.59 Å². The van der Waals surface area contributed by atoms with E-state index in [0.717, 1.165) is 81.8 Å². The van der Waals surface area contributed by atoms with Crippen LogP contribution in [0.4, 0.5) is 0 Å². The molecule has 0 saturated carbocycles. The van der Waals surface area contributed by atoms with E-state index in [1.54, 1.807) is 54.8 Å². The maximum Gasteiger partial charge on any atom is 1.00 e. The fourth-order valence-corrected chi connectivity index (χ4v) is 10.9. The Kier molecular flexibility index (Phi) is 19.5. The summed E-state index contributed by atoms with van der Waals surface area (Å²) in [7, 11) is 9.78. The smallest absolute Gasteiger partial charge is 0.550 e. The monoisotopic (exact) mass is 1000 g/mol. The Balaban J connectivity index is 0.000000219. The van der Waals surface area contributed by atoms with Crippen molar-refractivity contribution in [2.24, 2.45) is 23.7 Å². The number of aliphatic carboxylic acids is 1. The van der Waals surface area contributed by atoms with Gasteiger partial charge in [-0.05, 0) is 145 Å². The summed E-state index contributed by atoms with van der Waals surface area (Å²) in [6, 6.07) is 22.9. The van der Waals surface area contributed by atoms with E-state index in [2.05, 4.69) is 39.8 Å².